The first-order chi connectivity index (χ1) is 18.4. The maximum Gasteiger partial charge on any atom is 0.320 e. The number of likely N-dealkylation sites (tertiary alicyclic amines) is 1. The Morgan fingerprint density at radius 3 is 2.50 bits per heavy atom. The van der Waals surface area contributed by atoms with Gasteiger partial charge in [0.25, 0.3) is 0 Å². The van der Waals surface area contributed by atoms with Crippen LogP contribution >= 0.6 is 0 Å². The fourth-order valence-corrected chi connectivity index (χ4v) is 4.95. The van der Waals surface area contributed by atoms with E-state index in [0.29, 0.717) is 43.3 Å². The standard InChI is InChI=1S/C29H28F3N3O.C2H6/c1-19-6-3-4-9-27(19)35(29(31)32)20(2)34-14-12-24(13-15-34)36-28-17-22-10-11-25(26(22)18-33-28)21-7-5-8-23(30)16-21;1-2/h3-9,11,16-18,24,29H,2,10,12-15H2,1H3;1-2H3. The maximum atomic E-state index is 14.0. The first-order valence-corrected chi connectivity index (χ1v) is 13.1. The van der Waals surface area contributed by atoms with Gasteiger partial charge in [0.1, 0.15) is 17.7 Å². The van der Waals surface area contributed by atoms with Gasteiger partial charge in [-0.05, 0) is 53.8 Å². The van der Waals surface area contributed by atoms with Gasteiger partial charge in [-0.15, -0.1) is 0 Å². The number of halogens is 3. The van der Waals surface area contributed by atoms with E-state index in [1.165, 1.54) is 12.1 Å². The Bertz CT molecular complexity index is 1300. The van der Waals surface area contributed by atoms with Crippen molar-refractivity contribution in [1.82, 2.24) is 9.88 Å². The van der Waals surface area contributed by atoms with Crippen LogP contribution in [0.1, 0.15) is 48.9 Å². The third-order valence-corrected chi connectivity index (χ3v) is 6.86. The number of nitrogens with zero attached hydrogens (tertiary/aromatic N) is 3. The minimum absolute atomic E-state index is 0.0601. The molecule has 1 fully saturated rings. The second-order valence-corrected chi connectivity index (χ2v) is 9.17. The van der Waals surface area contributed by atoms with Gasteiger partial charge >= 0.3 is 6.55 Å². The van der Waals surface area contributed by atoms with Gasteiger partial charge in [0.05, 0.1) is 5.69 Å². The molecule has 1 aromatic heterocycles. The average Bonchev–Trinajstić information content (AvgIpc) is 3.35. The van der Waals surface area contributed by atoms with Crippen LogP contribution in [0.3, 0.4) is 0 Å². The van der Waals surface area contributed by atoms with E-state index in [2.05, 4.69) is 17.6 Å². The molecule has 1 saturated heterocycles. The summed E-state index contributed by atoms with van der Waals surface area (Å²) in [7, 11) is 0. The SMILES string of the molecule is C=C(N1CCC(Oc2cc3c(cn2)C(c2cccc(F)c2)=CC3)CC1)N(c1ccccc1C)C(F)F.CC. The maximum absolute atomic E-state index is 14.0. The zero-order valence-corrected chi connectivity index (χ0v) is 22.1. The molecule has 200 valence electrons. The topological polar surface area (TPSA) is 28.6 Å². The lowest BCUT2D eigenvalue weighted by molar-refractivity contribution is 0.0980. The van der Waals surface area contributed by atoms with Crippen molar-refractivity contribution < 1.29 is 17.9 Å². The van der Waals surface area contributed by atoms with Crippen LogP contribution in [0.5, 0.6) is 5.88 Å². The number of anilines is 1. The van der Waals surface area contributed by atoms with Crippen LogP contribution in [-0.4, -0.2) is 35.6 Å². The van der Waals surface area contributed by atoms with Gasteiger partial charge in [0, 0.05) is 43.8 Å². The number of rotatable bonds is 7. The van der Waals surface area contributed by atoms with Crippen molar-refractivity contribution in [2.45, 2.75) is 52.7 Å². The molecule has 0 amide bonds. The summed E-state index contributed by atoms with van der Waals surface area (Å²) in [6.45, 7) is 8.25. The third kappa shape index (κ3) is 5.87. The Labute approximate surface area is 223 Å². The van der Waals surface area contributed by atoms with Crippen molar-refractivity contribution in [2.75, 3.05) is 18.0 Å². The molecule has 2 heterocycles. The fourth-order valence-electron chi connectivity index (χ4n) is 4.95. The van der Waals surface area contributed by atoms with E-state index >= 15 is 0 Å². The lowest BCUT2D eigenvalue weighted by Gasteiger charge is -2.39. The Hall–Kier alpha value is -3.74. The van der Waals surface area contributed by atoms with Crippen molar-refractivity contribution in [3.63, 3.8) is 0 Å². The molecule has 1 aliphatic carbocycles. The zero-order chi connectivity index (χ0) is 27.2. The summed E-state index contributed by atoms with van der Waals surface area (Å²) in [6, 6.07) is 15.6. The first-order valence-electron chi connectivity index (χ1n) is 13.1. The Balaban J connectivity index is 0.00000164. The Morgan fingerprint density at radius 2 is 1.82 bits per heavy atom. The summed E-state index contributed by atoms with van der Waals surface area (Å²) in [6.07, 6.45) is 5.90. The predicted molar refractivity (Wildman–Crippen MR) is 147 cm³/mol. The van der Waals surface area contributed by atoms with Crippen LogP contribution < -0.4 is 9.64 Å². The lowest BCUT2D eigenvalue weighted by atomic mass is 10.0. The smallest absolute Gasteiger partial charge is 0.320 e. The third-order valence-electron chi connectivity index (χ3n) is 6.86. The largest absolute Gasteiger partial charge is 0.474 e. The summed E-state index contributed by atoms with van der Waals surface area (Å²) >= 11 is 0. The number of benzene rings is 2. The molecule has 38 heavy (non-hydrogen) atoms. The molecule has 3 aromatic rings. The molecular formula is C31H34F3N3O. The fraction of sp³-hybridized carbons (Fsp3) is 0.323. The van der Waals surface area contributed by atoms with Crippen LogP contribution in [-0.2, 0) is 6.42 Å². The van der Waals surface area contributed by atoms with Gasteiger partial charge in [-0.3, -0.25) is 4.90 Å². The van der Waals surface area contributed by atoms with Crippen molar-refractivity contribution in [1.29, 1.82) is 0 Å². The molecule has 0 N–H and O–H groups in total. The molecule has 0 saturated carbocycles. The highest BCUT2D eigenvalue weighted by molar-refractivity contribution is 5.84. The minimum atomic E-state index is -2.69. The molecule has 2 aromatic carbocycles. The summed E-state index contributed by atoms with van der Waals surface area (Å²) in [5.41, 5.74) is 5.13. The van der Waals surface area contributed by atoms with Crippen LogP contribution in [0.25, 0.3) is 5.57 Å². The second kappa shape index (κ2) is 12.2. The quantitative estimate of drug-likeness (QED) is 0.300. The van der Waals surface area contributed by atoms with Crippen molar-refractivity contribution in [3.05, 3.63) is 107 Å². The molecule has 0 unspecified atom stereocenters. The number of para-hydroxylation sites is 1. The van der Waals surface area contributed by atoms with Gasteiger partial charge < -0.3 is 9.64 Å². The number of fused-ring (bicyclic) bond motifs is 1. The average molecular weight is 522 g/mol. The van der Waals surface area contributed by atoms with E-state index < -0.39 is 6.55 Å². The number of allylic oxidation sites excluding steroid dienone is 1. The van der Waals surface area contributed by atoms with E-state index in [9.17, 15) is 13.2 Å². The highest BCUT2D eigenvalue weighted by Gasteiger charge is 2.29. The molecule has 2 aliphatic rings. The summed E-state index contributed by atoms with van der Waals surface area (Å²) < 4.78 is 47.8. The highest BCUT2D eigenvalue weighted by Crippen LogP contribution is 2.35. The van der Waals surface area contributed by atoms with Crippen LogP contribution in [0.15, 0.2) is 79.3 Å². The molecule has 0 bridgehead atoms. The summed E-state index contributed by atoms with van der Waals surface area (Å²) in [4.78, 5) is 7.40. The van der Waals surface area contributed by atoms with E-state index in [0.717, 1.165) is 39.1 Å². The van der Waals surface area contributed by atoms with Crippen molar-refractivity contribution in [3.8, 4) is 5.88 Å². The van der Waals surface area contributed by atoms with E-state index in [1.807, 2.05) is 49.9 Å². The number of alkyl halides is 2. The second-order valence-electron chi connectivity index (χ2n) is 9.17. The first kappa shape index (κ1) is 27.3. The van der Waals surface area contributed by atoms with Crippen molar-refractivity contribution in [2.24, 2.45) is 0 Å². The molecule has 0 atom stereocenters. The zero-order valence-electron chi connectivity index (χ0n) is 22.1. The number of aromatic nitrogens is 1. The molecular weight excluding hydrogens is 487 g/mol. The van der Waals surface area contributed by atoms with E-state index in [1.54, 1.807) is 24.4 Å². The monoisotopic (exact) mass is 521 g/mol. The molecule has 1 aliphatic heterocycles. The van der Waals surface area contributed by atoms with E-state index in [4.69, 9.17) is 4.74 Å². The Morgan fingerprint density at radius 1 is 1.08 bits per heavy atom. The Kier molecular flexibility index (Phi) is 8.77. The summed E-state index contributed by atoms with van der Waals surface area (Å²) in [5.74, 6) is 0.581. The number of hydrogen-bond acceptors (Lipinski definition) is 4. The van der Waals surface area contributed by atoms with Crippen LogP contribution in [0.4, 0.5) is 18.9 Å². The number of piperidine rings is 1. The number of hydrogen-bond donors (Lipinski definition) is 0. The van der Waals surface area contributed by atoms with Crippen LogP contribution in [0, 0.1) is 12.7 Å². The predicted octanol–water partition coefficient (Wildman–Crippen LogP) is 7.59. The summed E-state index contributed by atoms with van der Waals surface area (Å²) in [5, 5.41) is 0. The molecule has 0 spiro atoms. The molecule has 0 radical (unpaired) electrons. The van der Waals surface area contributed by atoms with Gasteiger partial charge in [-0.25, -0.2) is 9.37 Å². The van der Waals surface area contributed by atoms with Gasteiger partial charge in [-0.1, -0.05) is 56.8 Å². The number of ether oxygens (including phenoxy) is 1. The molecule has 4 nitrogen and oxygen atoms in total. The van der Waals surface area contributed by atoms with Crippen molar-refractivity contribution >= 4 is 11.3 Å². The number of aryl methyl sites for hydroxylation is 1. The van der Waals surface area contributed by atoms with E-state index in [-0.39, 0.29) is 11.9 Å². The molecule has 7 heteroatoms. The van der Waals surface area contributed by atoms with Gasteiger partial charge in [-0.2, -0.15) is 8.78 Å². The number of pyridine rings is 1. The van der Waals surface area contributed by atoms with Gasteiger partial charge in [0.15, 0.2) is 0 Å². The molecule has 5 rings (SSSR count). The van der Waals surface area contributed by atoms with Gasteiger partial charge in [0.2, 0.25) is 5.88 Å². The normalized spacial score (nSPS) is 14.9. The highest BCUT2D eigenvalue weighted by atomic mass is 19.3. The minimum Gasteiger partial charge on any atom is -0.474 e. The lowest BCUT2D eigenvalue weighted by Crippen LogP contribution is -2.44. The van der Waals surface area contributed by atoms with Crippen LogP contribution in [0.2, 0.25) is 0 Å².